The number of fused-ring (bicyclic) bond motifs is 1. The zero-order valence-electron chi connectivity index (χ0n) is 16.2. The van der Waals surface area contributed by atoms with Crippen molar-refractivity contribution in [2.24, 2.45) is 0 Å². The quantitative estimate of drug-likeness (QED) is 0.594. The highest BCUT2D eigenvalue weighted by atomic mass is 32.2. The molecular formula is C20H21N5O3S. The molecule has 1 aliphatic rings. The van der Waals surface area contributed by atoms with E-state index in [-0.39, 0.29) is 18.0 Å². The van der Waals surface area contributed by atoms with E-state index in [1.807, 2.05) is 23.6 Å². The lowest BCUT2D eigenvalue weighted by Crippen LogP contribution is -2.23. The second-order valence-corrected chi connectivity index (χ2v) is 7.82. The second kappa shape index (κ2) is 8.52. The number of nitrogens with zero attached hydrogens (tertiary/aromatic N) is 4. The summed E-state index contributed by atoms with van der Waals surface area (Å²) in [7, 11) is 0. The number of pyridine rings is 1. The summed E-state index contributed by atoms with van der Waals surface area (Å²) >= 11 is 1.38. The Hall–Kier alpha value is -3.07. The average molecular weight is 411 g/mol. The lowest BCUT2D eigenvalue weighted by atomic mass is 10.2. The molecule has 1 N–H and O–H groups in total. The van der Waals surface area contributed by atoms with Crippen molar-refractivity contribution in [1.82, 2.24) is 19.7 Å². The fourth-order valence-corrected chi connectivity index (χ4v) is 3.82. The van der Waals surface area contributed by atoms with Gasteiger partial charge in [0.1, 0.15) is 0 Å². The van der Waals surface area contributed by atoms with Crippen LogP contribution in [0, 0.1) is 0 Å². The predicted molar refractivity (Wildman–Crippen MR) is 110 cm³/mol. The predicted octanol–water partition coefficient (Wildman–Crippen LogP) is 3.60. The number of ether oxygens (including phenoxy) is 2. The van der Waals surface area contributed by atoms with Crippen LogP contribution in [0.5, 0.6) is 11.5 Å². The number of hydrogen-bond acceptors (Lipinski definition) is 7. The summed E-state index contributed by atoms with van der Waals surface area (Å²) < 4.78 is 12.7. The maximum atomic E-state index is 12.7. The first-order chi connectivity index (χ1) is 14.2. The van der Waals surface area contributed by atoms with Crippen LogP contribution in [0.3, 0.4) is 0 Å². The molecule has 29 heavy (non-hydrogen) atoms. The number of thioether (sulfide) groups is 1. The minimum absolute atomic E-state index is 0.120. The summed E-state index contributed by atoms with van der Waals surface area (Å²) in [6.07, 6.45) is 4.39. The Labute approximate surface area is 172 Å². The van der Waals surface area contributed by atoms with E-state index < -0.39 is 0 Å². The van der Waals surface area contributed by atoms with Crippen LogP contribution in [0.1, 0.15) is 20.3 Å². The van der Waals surface area contributed by atoms with Crippen molar-refractivity contribution in [3.63, 3.8) is 0 Å². The third-order valence-electron chi connectivity index (χ3n) is 4.39. The van der Waals surface area contributed by atoms with Crippen LogP contribution in [0.15, 0.2) is 47.9 Å². The molecule has 8 nitrogen and oxygen atoms in total. The number of aromatic nitrogens is 4. The number of rotatable bonds is 7. The van der Waals surface area contributed by atoms with Crippen molar-refractivity contribution in [3.8, 4) is 22.9 Å². The maximum Gasteiger partial charge on any atom is 0.237 e. The van der Waals surface area contributed by atoms with Gasteiger partial charge in [-0.15, -0.1) is 10.2 Å². The highest BCUT2D eigenvalue weighted by Gasteiger charge is 2.21. The van der Waals surface area contributed by atoms with E-state index in [9.17, 15) is 4.79 Å². The molecule has 0 unspecified atom stereocenters. The molecule has 1 atom stereocenters. The summed E-state index contributed by atoms with van der Waals surface area (Å²) in [6.45, 7) is 4.92. The minimum atomic E-state index is -0.356. The van der Waals surface area contributed by atoms with E-state index in [4.69, 9.17) is 9.47 Å². The fourth-order valence-electron chi connectivity index (χ4n) is 2.95. The summed E-state index contributed by atoms with van der Waals surface area (Å²) in [4.78, 5) is 16.7. The zero-order valence-corrected chi connectivity index (χ0v) is 17.0. The number of amides is 1. The van der Waals surface area contributed by atoms with Crippen molar-refractivity contribution < 1.29 is 14.3 Å². The Balaban J connectivity index is 1.48. The molecule has 0 aliphatic carbocycles. The van der Waals surface area contributed by atoms with Gasteiger partial charge in [0.2, 0.25) is 12.7 Å². The Morgan fingerprint density at radius 3 is 2.79 bits per heavy atom. The SMILES string of the molecule is CCCn1c(S[C@@H](C)C(=O)Nc2ccc3c(c2)OCO3)nnc1-c1ccncc1. The molecule has 0 saturated carbocycles. The highest BCUT2D eigenvalue weighted by molar-refractivity contribution is 8.00. The van der Waals surface area contributed by atoms with Gasteiger partial charge >= 0.3 is 0 Å². The molecule has 0 spiro atoms. The van der Waals surface area contributed by atoms with Crippen LogP contribution in [0.2, 0.25) is 0 Å². The molecule has 150 valence electrons. The first-order valence-electron chi connectivity index (χ1n) is 9.36. The summed E-state index contributed by atoms with van der Waals surface area (Å²) in [5.41, 5.74) is 1.62. The van der Waals surface area contributed by atoms with Gasteiger partial charge in [0.15, 0.2) is 22.5 Å². The number of nitrogens with one attached hydrogen (secondary N) is 1. The molecule has 9 heteroatoms. The molecule has 4 rings (SSSR count). The minimum Gasteiger partial charge on any atom is -0.454 e. The molecular weight excluding hydrogens is 390 g/mol. The number of anilines is 1. The first-order valence-corrected chi connectivity index (χ1v) is 10.2. The van der Waals surface area contributed by atoms with Crippen molar-refractivity contribution in [2.45, 2.75) is 37.2 Å². The number of carbonyl (C=O) groups is 1. The summed E-state index contributed by atoms with van der Waals surface area (Å²) in [5, 5.41) is 11.9. The van der Waals surface area contributed by atoms with E-state index >= 15 is 0 Å². The van der Waals surface area contributed by atoms with Crippen LogP contribution in [0.4, 0.5) is 5.69 Å². The topological polar surface area (TPSA) is 91.2 Å². The second-order valence-electron chi connectivity index (χ2n) is 6.51. The van der Waals surface area contributed by atoms with E-state index in [0.717, 1.165) is 24.4 Å². The number of hydrogen-bond donors (Lipinski definition) is 1. The Kier molecular flexibility index (Phi) is 5.66. The lowest BCUT2D eigenvalue weighted by molar-refractivity contribution is -0.115. The lowest BCUT2D eigenvalue weighted by Gasteiger charge is -2.13. The molecule has 2 aromatic heterocycles. The monoisotopic (exact) mass is 411 g/mol. The molecule has 0 fully saturated rings. The van der Waals surface area contributed by atoms with Crippen molar-refractivity contribution in [3.05, 3.63) is 42.7 Å². The van der Waals surface area contributed by atoms with Crippen LogP contribution in [0.25, 0.3) is 11.4 Å². The van der Waals surface area contributed by atoms with E-state index in [2.05, 4.69) is 27.4 Å². The van der Waals surface area contributed by atoms with Crippen molar-refractivity contribution >= 4 is 23.4 Å². The van der Waals surface area contributed by atoms with E-state index in [0.29, 0.717) is 22.3 Å². The van der Waals surface area contributed by atoms with Gasteiger partial charge in [-0.05, 0) is 37.6 Å². The van der Waals surface area contributed by atoms with Crippen LogP contribution in [-0.4, -0.2) is 37.7 Å². The first kappa shape index (κ1) is 19.3. The standard InChI is InChI=1S/C20H21N5O3S/c1-3-10-25-18(14-6-8-21-9-7-14)23-24-20(25)29-13(2)19(26)22-15-4-5-16-17(11-15)28-12-27-16/h4-9,11,13H,3,10,12H2,1-2H3,(H,22,26)/t13-/m0/s1. The smallest absolute Gasteiger partial charge is 0.237 e. The van der Waals surface area contributed by atoms with Gasteiger partial charge in [-0.1, -0.05) is 18.7 Å². The molecule has 0 bridgehead atoms. The molecule has 1 aromatic carbocycles. The van der Waals surface area contributed by atoms with Gasteiger partial charge < -0.3 is 19.4 Å². The third-order valence-corrected chi connectivity index (χ3v) is 5.47. The van der Waals surface area contributed by atoms with Crippen molar-refractivity contribution in [2.75, 3.05) is 12.1 Å². The highest BCUT2D eigenvalue weighted by Crippen LogP contribution is 2.34. The van der Waals surface area contributed by atoms with Gasteiger partial charge in [-0.2, -0.15) is 0 Å². The Bertz CT molecular complexity index is 1010. The third kappa shape index (κ3) is 4.19. The van der Waals surface area contributed by atoms with Gasteiger partial charge in [-0.25, -0.2) is 0 Å². The Morgan fingerprint density at radius 2 is 2.00 bits per heavy atom. The van der Waals surface area contributed by atoms with Crippen LogP contribution >= 0.6 is 11.8 Å². The fraction of sp³-hybridized carbons (Fsp3) is 0.300. The summed E-state index contributed by atoms with van der Waals surface area (Å²) in [6, 6.07) is 9.15. The largest absolute Gasteiger partial charge is 0.454 e. The van der Waals surface area contributed by atoms with Gasteiger partial charge in [0, 0.05) is 36.3 Å². The molecule has 1 amide bonds. The van der Waals surface area contributed by atoms with E-state index in [1.54, 1.807) is 30.6 Å². The maximum absolute atomic E-state index is 12.7. The molecule has 3 aromatic rings. The van der Waals surface area contributed by atoms with Gasteiger partial charge in [0.25, 0.3) is 0 Å². The van der Waals surface area contributed by atoms with Gasteiger partial charge in [0.05, 0.1) is 5.25 Å². The average Bonchev–Trinajstić information content (AvgIpc) is 3.36. The Morgan fingerprint density at radius 1 is 1.21 bits per heavy atom. The molecule has 1 aliphatic heterocycles. The van der Waals surface area contributed by atoms with Crippen molar-refractivity contribution in [1.29, 1.82) is 0 Å². The number of benzene rings is 1. The summed E-state index contributed by atoms with van der Waals surface area (Å²) in [5.74, 6) is 1.97. The van der Waals surface area contributed by atoms with Crippen LogP contribution in [-0.2, 0) is 11.3 Å². The van der Waals surface area contributed by atoms with Gasteiger partial charge in [-0.3, -0.25) is 9.78 Å². The van der Waals surface area contributed by atoms with E-state index in [1.165, 1.54) is 11.8 Å². The number of carbonyl (C=O) groups excluding carboxylic acids is 1. The van der Waals surface area contributed by atoms with Crippen LogP contribution < -0.4 is 14.8 Å². The molecule has 3 heterocycles. The normalized spacial score (nSPS) is 13.3. The molecule has 0 radical (unpaired) electrons. The zero-order chi connectivity index (χ0) is 20.2. The molecule has 0 saturated heterocycles.